The molecule has 16 heavy (non-hydrogen) atoms. The number of ether oxygens (including phenoxy) is 2. The molecule has 0 spiro atoms. The van der Waals surface area contributed by atoms with Crippen LogP contribution in [0.2, 0.25) is 0 Å². The van der Waals surface area contributed by atoms with Gasteiger partial charge >= 0.3 is 11.9 Å². The Morgan fingerprint density at radius 3 is 2.25 bits per heavy atom. The quantitative estimate of drug-likeness (QED) is 0.708. The maximum Gasteiger partial charge on any atom is 0.311 e. The van der Waals surface area contributed by atoms with Crippen molar-refractivity contribution < 1.29 is 24.2 Å². The summed E-state index contributed by atoms with van der Waals surface area (Å²) in [6, 6.07) is 0. The molecule has 0 aromatic heterocycles. The van der Waals surface area contributed by atoms with Crippen molar-refractivity contribution in [3.8, 4) is 0 Å². The molecular formula is C11H16O5. The predicted octanol–water partition coefficient (Wildman–Crippen LogP) is 0.818. The molecule has 0 radical (unpaired) electrons. The Morgan fingerprint density at radius 2 is 1.69 bits per heavy atom. The van der Waals surface area contributed by atoms with E-state index >= 15 is 0 Å². The van der Waals surface area contributed by atoms with E-state index in [1.807, 2.05) is 0 Å². The van der Waals surface area contributed by atoms with Crippen LogP contribution in [0.1, 0.15) is 25.7 Å². The highest BCUT2D eigenvalue weighted by molar-refractivity contribution is 5.74. The van der Waals surface area contributed by atoms with Gasteiger partial charge in [0.1, 0.15) is 0 Å². The van der Waals surface area contributed by atoms with Crippen LogP contribution in [0, 0.1) is 11.8 Å². The van der Waals surface area contributed by atoms with Gasteiger partial charge in [-0.3, -0.25) is 9.59 Å². The number of hydrogen-bond acceptors (Lipinski definition) is 4. The fourth-order valence-electron chi connectivity index (χ4n) is 2.72. The van der Waals surface area contributed by atoms with Gasteiger partial charge in [0.25, 0.3) is 0 Å². The molecule has 2 rings (SSSR count). The Kier molecular flexibility index (Phi) is 3.14. The first kappa shape index (κ1) is 11.4. The number of esters is 1. The molecule has 1 N–H and O–H groups in total. The molecule has 2 aliphatic heterocycles. The minimum absolute atomic E-state index is 0.151. The average Bonchev–Trinajstić information content (AvgIpc) is 2.28. The Hall–Kier alpha value is -1.10. The zero-order valence-corrected chi connectivity index (χ0v) is 9.22. The van der Waals surface area contributed by atoms with Crippen molar-refractivity contribution in [2.45, 2.75) is 37.9 Å². The van der Waals surface area contributed by atoms with E-state index in [1.54, 1.807) is 0 Å². The summed E-state index contributed by atoms with van der Waals surface area (Å²) >= 11 is 0. The number of carbonyl (C=O) groups is 2. The van der Waals surface area contributed by atoms with Crippen molar-refractivity contribution in [1.82, 2.24) is 0 Å². The number of carboxylic acids is 1. The number of rotatable bonds is 2. The van der Waals surface area contributed by atoms with Crippen molar-refractivity contribution in [2.75, 3.05) is 7.11 Å². The lowest BCUT2D eigenvalue weighted by atomic mass is 9.78. The van der Waals surface area contributed by atoms with Crippen molar-refractivity contribution in [1.29, 1.82) is 0 Å². The van der Waals surface area contributed by atoms with E-state index in [-0.39, 0.29) is 24.1 Å². The van der Waals surface area contributed by atoms with E-state index in [2.05, 4.69) is 0 Å². The minimum atomic E-state index is -0.792. The summed E-state index contributed by atoms with van der Waals surface area (Å²) in [7, 11) is 1.37. The van der Waals surface area contributed by atoms with Crippen LogP contribution >= 0.6 is 0 Å². The molecular weight excluding hydrogens is 212 g/mol. The molecule has 2 aliphatic rings. The fourth-order valence-corrected chi connectivity index (χ4v) is 2.72. The highest BCUT2D eigenvalue weighted by Gasteiger charge is 2.44. The zero-order valence-electron chi connectivity index (χ0n) is 9.22. The van der Waals surface area contributed by atoms with Gasteiger partial charge in [-0.1, -0.05) is 0 Å². The molecule has 0 aromatic rings. The lowest BCUT2D eigenvalue weighted by molar-refractivity contribution is -0.182. The van der Waals surface area contributed by atoms with Crippen LogP contribution in [0.25, 0.3) is 0 Å². The van der Waals surface area contributed by atoms with Crippen LogP contribution in [-0.2, 0) is 19.1 Å². The Morgan fingerprint density at radius 1 is 1.12 bits per heavy atom. The summed E-state index contributed by atoms with van der Waals surface area (Å²) in [5, 5.41) is 9.00. The third-order valence-corrected chi connectivity index (χ3v) is 3.59. The molecule has 2 heterocycles. The summed E-state index contributed by atoms with van der Waals surface area (Å²) in [5.74, 6) is -1.65. The van der Waals surface area contributed by atoms with Gasteiger partial charge in [0.2, 0.25) is 0 Å². The standard InChI is InChI=1S/C11H16O5/c1-15-11(14)7-3-5-8-6(10(12)13)2-4-9(7)16-8/h6-9H,2-5H2,1H3,(H,12,13). The van der Waals surface area contributed by atoms with E-state index in [0.717, 1.165) is 0 Å². The van der Waals surface area contributed by atoms with Crippen molar-refractivity contribution in [3.63, 3.8) is 0 Å². The zero-order chi connectivity index (χ0) is 11.7. The highest BCUT2D eigenvalue weighted by Crippen LogP contribution is 2.38. The van der Waals surface area contributed by atoms with E-state index in [1.165, 1.54) is 7.11 Å². The molecule has 5 nitrogen and oxygen atoms in total. The van der Waals surface area contributed by atoms with E-state index in [4.69, 9.17) is 14.6 Å². The van der Waals surface area contributed by atoms with Crippen LogP contribution in [0.3, 0.4) is 0 Å². The van der Waals surface area contributed by atoms with Gasteiger partial charge in [0, 0.05) is 0 Å². The summed E-state index contributed by atoms with van der Waals surface area (Å²) in [6.45, 7) is 0. The Bertz CT molecular complexity index is 301. The molecule has 0 aromatic carbocycles. The largest absolute Gasteiger partial charge is 0.481 e. The molecule has 4 unspecified atom stereocenters. The number of aliphatic carboxylic acids is 1. The maximum absolute atomic E-state index is 11.5. The SMILES string of the molecule is COC(=O)C1CCC2OC1CCC2C(=O)O. The molecule has 0 amide bonds. The second-order valence-electron chi connectivity index (χ2n) is 4.44. The van der Waals surface area contributed by atoms with Crippen molar-refractivity contribution in [3.05, 3.63) is 0 Å². The summed E-state index contributed by atoms with van der Waals surface area (Å²) in [5.41, 5.74) is 0. The van der Waals surface area contributed by atoms with Gasteiger partial charge in [0.05, 0.1) is 31.2 Å². The Labute approximate surface area is 93.7 Å². The molecule has 5 heteroatoms. The van der Waals surface area contributed by atoms with Gasteiger partial charge in [-0.15, -0.1) is 0 Å². The van der Waals surface area contributed by atoms with Gasteiger partial charge in [-0.25, -0.2) is 0 Å². The van der Waals surface area contributed by atoms with Crippen LogP contribution in [0.5, 0.6) is 0 Å². The minimum Gasteiger partial charge on any atom is -0.481 e. The second-order valence-corrected chi connectivity index (χ2v) is 4.44. The summed E-state index contributed by atoms with van der Waals surface area (Å²) in [6.07, 6.45) is 2.16. The first-order valence-electron chi connectivity index (χ1n) is 5.59. The number of hydrogen-bond donors (Lipinski definition) is 1. The highest BCUT2D eigenvalue weighted by atomic mass is 16.5. The topological polar surface area (TPSA) is 72.8 Å². The van der Waals surface area contributed by atoms with E-state index in [9.17, 15) is 9.59 Å². The summed E-state index contributed by atoms with van der Waals surface area (Å²) < 4.78 is 10.4. The molecule has 2 saturated heterocycles. The lowest BCUT2D eigenvalue weighted by Crippen LogP contribution is -2.48. The first-order valence-corrected chi connectivity index (χ1v) is 5.59. The van der Waals surface area contributed by atoms with Crippen LogP contribution in [-0.4, -0.2) is 36.4 Å². The Balaban J connectivity index is 2.03. The fraction of sp³-hybridized carbons (Fsp3) is 0.818. The third-order valence-electron chi connectivity index (χ3n) is 3.59. The smallest absolute Gasteiger partial charge is 0.311 e. The van der Waals surface area contributed by atoms with Crippen molar-refractivity contribution in [2.24, 2.45) is 11.8 Å². The van der Waals surface area contributed by atoms with Gasteiger partial charge in [-0.2, -0.15) is 0 Å². The lowest BCUT2D eigenvalue weighted by Gasteiger charge is -2.42. The maximum atomic E-state index is 11.5. The molecule has 0 aliphatic carbocycles. The monoisotopic (exact) mass is 228 g/mol. The van der Waals surface area contributed by atoms with Crippen LogP contribution < -0.4 is 0 Å². The normalized spacial score (nSPS) is 37.8. The summed E-state index contributed by atoms with van der Waals surface area (Å²) in [4.78, 5) is 22.4. The number of fused-ring (bicyclic) bond motifs is 2. The molecule has 0 saturated carbocycles. The predicted molar refractivity (Wildman–Crippen MR) is 53.8 cm³/mol. The first-order chi connectivity index (χ1) is 7.63. The number of carbonyl (C=O) groups excluding carboxylic acids is 1. The van der Waals surface area contributed by atoms with Crippen LogP contribution in [0.15, 0.2) is 0 Å². The molecule has 2 bridgehead atoms. The van der Waals surface area contributed by atoms with Gasteiger partial charge in [0.15, 0.2) is 0 Å². The number of methoxy groups -OCH3 is 1. The van der Waals surface area contributed by atoms with Crippen LogP contribution in [0.4, 0.5) is 0 Å². The van der Waals surface area contributed by atoms with Gasteiger partial charge < -0.3 is 14.6 Å². The van der Waals surface area contributed by atoms with E-state index < -0.39 is 11.9 Å². The second kappa shape index (κ2) is 4.41. The van der Waals surface area contributed by atoms with Crippen molar-refractivity contribution >= 4 is 11.9 Å². The molecule has 2 fully saturated rings. The van der Waals surface area contributed by atoms with E-state index in [0.29, 0.717) is 25.7 Å². The average molecular weight is 228 g/mol. The number of carboxylic acid groups (broad SMARTS) is 1. The van der Waals surface area contributed by atoms with Gasteiger partial charge in [-0.05, 0) is 25.7 Å². The molecule has 90 valence electrons. The molecule has 4 atom stereocenters. The third kappa shape index (κ3) is 1.91.